The predicted molar refractivity (Wildman–Crippen MR) is 117 cm³/mol. The first-order chi connectivity index (χ1) is 14.8. The summed E-state index contributed by atoms with van der Waals surface area (Å²) in [6.07, 6.45) is 3.08. The summed E-state index contributed by atoms with van der Waals surface area (Å²) < 4.78 is 38.1. The van der Waals surface area contributed by atoms with Crippen molar-refractivity contribution >= 4 is 21.9 Å². The lowest BCUT2D eigenvalue weighted by Crippen LogP contribution is -2.14. The van der Waals surface area contributed by atoms with Crippen LogP contribution in [0, 0.1) is 5.41 Å². The third kappa shape index (κ3) is 6.76. The number of pyridine rings is 1. The topological polar surface area (TPSA) is 127 Å². The van der Waals surface area contributed by atoms with E-state index in [1.165, 1.54) is 7.11 Å². The van der Waals surface area contributed by atoms with Crippen molar-refractivity contribution in [1.29, 1.82) is 5.41 Å². The molecule has 3 aromatic rings. The fraction of sp³-hybridized carbons (Fsp3) is 0.190. The Bertz CT molecular complexity index is 1170. The van der Waals surface area contributed by atoms with Crippen LogP contribution in [0.25, 0.3) is 0 Å². The van der Waals surface area contributed by atoms with E-state index in [1.807, 2.05) is 18.2 Å². The van der Waals surface area contributed by atoms with Gasteiger partial charge in [-0.05, 0) is 36.2 Å². The number of rotatable bonds is 8. The van der Waals surface area contributed by atoms with Crippen molar-refractivity contribution in [2.75, 3.05) is 20.0 Å². The van der Waals surface area contributed by atoms with Crippen LogP contribution in [-0.4, -0.2) is 50.1 Å². The monoisotopic (exact) mass is 442 g/mol. The molecule has 2 N–H and O–H groups in total. The maximum atomic E-state index is 11.1. The molecule has 0 fully saturated rings. The highest BCUT2D eigenvalue weighted by Crippen LogP contribution is 2.15. The van der Waals surface area contributed by atoms with Gasteiger partial charge >= 0.3 is 0 Å². The third-order valence-corrected chi connectivity index (χ3v) is 4.60. The molecule has 0 atom stereocenters. The zero-order chi connectivity index (χ0) is 22.3. The van der Waals surface area contributed by atoms with Crippen LogP contribution in [0.1, 0.15) is 17.0 Å². The number of H-pyrrole nitrogens is 1. The van der Waals surface area contributed by atoms with Crippen LogP contribution in [0.2, 0.25) is 0 Å². The molecular formula is C21H22N4O5S. The van der Waals surface area contributed by atoms with Crippen molar-refractivity contribution in [3.05, 3.63) is 77.7 Å². The fourth-order valence-corrected chi connectivity index (χ4v) is 2.96. The van der Waals surface area contributed by atoms with E-state index in [0.29, 0.717) is 29.4 Å². The number of para-hydroxylation sites is 1. The maximum absolute atomic E-state index is 11.1. The highest BCUT2D eigenvalue weighted by atomic mass is 32.2. The van der Waals surface area contributed by atoms with Crippen LogP contribution in [0.15, 0.2) is 65.8 Å². The summed E-state index contributed by atoms with van der Waals surface area (Å²) in [6, 6.07) is 15.9. The molecule has 2 heterocycles. The number of aromatic amines is 1. The second kappa shape index (κ2) is 10.0. The minimum Gasteiger partial charge on any atom is -0.481 e. The van der Waals surface area contributed by atoms with Gasteiger partial charge < -0.3 is 14.5 Å². The zero-order valence-corrected chi connectivity index (χ0v) is 17.8. The number of benzene rings is 1. The highest BCUT2D eigenvalue weighted by molar-refractivity contribution is 7.85. The molecule has 0 aliphatic rings. The molecular weight excluding hydrogens is 420 g/mol. The maximum Gasteiger partial charge on any atom is 0.264 e. The Labute approximate surface area is 180 Å². The SMILES string of the molecule is COc1cccc(C(=N)/N=C(/Oc2ccccc2)c2cc(CCOS(C)(=O)=O)c[nH]2)n1. The second-order valence-corrected chi connectivity index (χ2v) is 8.09. The molecule has 0 bridgehead atoms. The van der Waals surface area contributed by atoms with Gasteiger partial charge in [-0.1, -0.05) is 24.3 Å². The van der Waals surface area contributed by atoms with E-state index < -0.39 is 10.1 Å². The van der Waals surface area contributed by atoms with E-state index in [9.17, 15) is 8.42 Å². The van der Waals surface area contributed by atoms with E-state index in [4.69, 9.17) is 19.1 Å². The summed E-state index contributed by atoms with van der Waals surface area (Å²) >= 11 is 0. The van der Waals surface area contributed by atoms with Gasteiger partial charge in [-0.25, -0.2) is 4.98 Å². The van der Waals surface area contributed by atoms with Crippen molar-refractivity contribution in [3.8, 4) is 11.6 Å². The largest absolute Gasteiger partial charge is 0.481 e. The molecule has 0 spiro atoms. The average Bonchev–Trinajstić information content (AvgIpc) is 3.22. The van der Waals surface area contributed by atoms with Crippen molar-refractivity contribution in [1.82, 2.24) is 9.97 Å². The second-order valence-electron chi connectivity index (χ2n) is 6.44. The number of methoxy groups -OCH3 is 1. The molecule has 0 saturated heterocycles. The Morgan fingerprint density at radius 1 is 1.16 bits per heavy atom. The minimum atomic E-state index is -3.50. The summed E-state index contributed by atoms with van der Waals surface area (Å²) in [4.78, 5) is 11.6. The standard InChI is InChI=1S/C21H22N4O5S/c1-28-19-10-6-9-17(24-19)20(22)25-21(30-16-7-4-3-5-8-16)18-13-15(14-23-18)11-12-29-31(2,26)27/h3-10,13-14,22-23H,11-12H2,1-2H3/b22-20?,25-21+. The van der Waals surface area contributed by atoms with Crippen LogP contribution in [-0.2, 0) is 20.7 Å². The smallest absolute Gasteiger partial charge is 0.264 e. The molecule has 0 aliphatic carbocycles. The summed E-state index contributed by atoms with van der Waals surface area (Å²) in [5.74, 6) is 0.970. The number of nitrogens with one attached hydrogen (secondary N) is 2. The first-order valence-electron chi connectivity index (χ1n) is 9.27. The Balaban J connectivity index is 1.86. The van der Waals surface area contributed by atoms with Crippen molar-refractivity contribution in [3.63, 3.8) is 0 Å². The molecule has 9 nitrogen and oxygen atoms in total. The van der Waals surface area contributed by atoms with Crippen LogP contribution < -0.4 is 9.47 Å². The first kappa shape index (κ1) is 22.2. The van der Waals surface area contributed by atoms with Crippen molar-refractivity contribution in [2.45, 2.75) is 6.42 Å². The lowest BCUT2D eigenvalue weighted by atomic mass is 10.2. The van der Waals surface area contributed by atoms with Gasteiger partial charge in [-0.3, -0.25) is 9.59 Å². The minimum absolute atomic E-state index is 0.0195. The fourth-order valence-electron chi connectivity index (χ4n) is 2.58. The van der Waals surface area contributed by atoms with E-state index in [1.54, 1.807) is 42.6 Å². The Kier molecular flexibility index (Phi) is 7.16. The van der Waals surface area contributed by atoms with Crippen molar-refractivity contribution < 1.29 is 22.1 Å². The molecule has 2 aromatic heterocycles. The number of hydrogen-bond acceptors (Lipinski definition) is 7. The van der Waals surface area contributed by atoms with Gasteiger partial charge in [0.25, 0.3) is 10.1 Å². The lowest BCUT2D eigenvalue weighted by Gasteiger charge is -2.08. The van der Waals surface area contributed by atoms with Gasteiger partial charge in [0.15, 0.2) is 5.84 Å². The molecule has 0 radical (unpaired) electrons. The van der Waals surface area contributed by atoms with Gasteiger partial charge in [0.1, 0.15) is 17.1 Å². The lowest BCUT2D eigenvalue weighted by molar-refractivity contribution is 0.326. The van der Waals surface area contributed by atoms with Gasteiger partial charge in [0, 0.05) is 12.3 Å². The van der Waals surface area contributed by atoms with E-state index >= 15 is 0 Å². The molecule has 162 valence electrons. The molecule has 0 unspecified atom stereocenters. The van der Waals surface area contributed by atoms with E-state index in [0.717, 1.165) is 11.8 Å². The number of hydrogen-bond donors (Lipinski definition) is 2. The van der Waals surface area contributed by atoms with Gasteiger partial charge in [-0.15, -0.1) is 0 Å². The summed E-state index contributed by atoms with van der Waals surface area (Å²) in [7, 11) is -2.00. The van der Waals surface area contributed by atoms with Gasteiger partial charge in [-0.2, -0.15) is 13.4 Å². The first-order valence-corrected chi connectivity index (χ1v) is 11.1. The molecule has 3 rings (SSSR count). The molecule has 1 aromatic carbocycles. The zero-order valence-electron chi connectivity index (χ0n) is 17.0. The van der Waals surface area contributed by atoms with Crippen LogP contribution >= 0.6 is 0 Å². The quantitative estimate of drug-likeness (QED) is 0.314. The van der Waals surface area contributed by atoms with Gasteiger partial charge in [0.05, 0.1) is 20.0 Å². The average molecular weight is 442 g/mol. The molecule has 0 aliphatic heterocycles. The molecule has 0 amide bonds. The Morgan fingerprint density at radius 2 is 1.94 bits per heavy atom. The van der Waals surface area contributed by atoms with Crippen molar-refractivity contribution in [2.24, 2.45) is 4.99 Å². The molecule has 31 heavy (non-hydrogen) atoms. The van der Waals surface area contributed by atoms with Crippen LogP contribution in [0.3, 0.4) is 0 Å². The Hall–Kier alpha value is -3.50. The van der Waals surface area contributed by atoms with Crippen LogP contribution in [0.4, 0.5) is 0 Å². The number of amidine groups is 1. The van der Waals surface area contributed by atoms with Gasteiger partial charge in [0.2, 0.25) is 11.8 Å². The van der Waals surface area contributed by atoms with E-state index in [2.05, 4.69) is 15.0 Å². The normalized spacial score (nSPS) is 11.9. The number of nitrogens with zero attached hydrogens (tertiary/aromatic N) is 2. The number of aliphatic imine (C=N–C) groups is 1. The van der Waals surface area contributed by atoms with E-state index in [-0.39, 0.29) is 18.3 Å². The number of aromatic nitrogens is 2. The summed E-state index contributed by atoms with van der Waals surface area (Å²) in [5.41, 5.74) is 1.64. The predicted octanol–water partition coefficient (Wildman–Crippen LogP) is 2.79. The highest BCUT2D eigenvalue weighted by Gasteiger charge is 2.14. The molecule has 0 saturated carbocycles. The van der Waals surface area contributed by atoms with Crippen LogP contribution in [0.5, 0.6) is 11.6 Å². The summed E-state index contributed by atoms with van der Waals surface area (Å²) in [6.45, 7) is 0.0195. The Morgan fingerprint density at radius 3 is 2.65 bits per heavy atom. The summed E-state index contributed by atoms with van der Waals surface area (Å²) in [5, 5.41) is 8.35. The third-order valence-electron chi connectivity index (χ3n) is 4.01. The number of ether oxygens (including phenoxy) is 2. The molecule has 10 heteroatoms.